The topological polar surface area (TPSA) is 54.6 Å². The van der Waals surface area contributed by atoms with Crippen molar-refractivity contribution in [3.8, 4) is 16.9 Å². The van der Waals surface area contributed by atoms with Crippen molar-refractivity contribution >= 4 is 16.5 Å². The second kappa shape index (κ2) is 8.98. The lowest BCUT2D eigenvalue weighted by Crippen LogP contribution is -2.44. The van der Waals surface area contributed by atoms with E-state index in [1.165, 1.54) is 18.5 Å². The van der Waals surface area contributed by atoms with Gasteiger partial charge < -0.3 is 19.1 Å². The summed E-state index contributed by atoms with van der Waals surface area (Å²) >= 11 is 0. The Morgan fingerprint density at radius 3 is 2.50 bits per heavy atom. The van der Waals surface area contributed by atoms with Gasteiger partial charge in [-0.1, -0.05) is 29.4 Å². The van der Waals surface area contributed by atoms with Crippen molar-refractivity contribution in [1.29, 1.82) is 0 Å². The number of rotatable bonds is 5. The number of benzene rings is 3. The molecule has 0 N–H and O–H groups in total. The summed E-state index contributed by atoms with van der Waals surface area (Å²) in [5.41, 5.74) is 1.48. The number of aromatic nitrogens is 2. The molecule has 1 aliphatic heterocycles. The van der Waals surface area contributed by atoms with Crippen LogP contribution >= 0.6 is 0 Å². The van der Waals surface area contributed by atoms with Crippen molar-refractivity contribution < 1.29 is 22.4 Å². The molecule has 3 aromatic carbocycles. The maximum atomic E-state index is 13.4. The molecule has 4 aromatic rings. The highest BCUT2D eigenvalue weighted by Gasteiger charge is 2.30. The molecule has 0 atom stereocenters. The van der Waals surface area contributed by atoms with E-state index in [2.05, 4.69) is 27.0 Å². The van der Waals surface area contributed by atoms with Gasteiger partial charge in [-0.15, -0.1) is 0 Å². The Bertz CT molecular complexity index is 1280. The summed E-state index contributed by atoms with van der Waals surface area (Å²) in [6.45, 7) is 3.68. The fourth-order valence-electron chi connectivity index (χ4n) is 4.26. The number of fused-ring (bicyclic) bond motifs is 1. The number of hydrogen-bond donors (Lipinski definition) is 0. The van der Waals surface area contributed by atoms with Crippen molar-refractivity contribution in [2.45, 2.75) is 12.8 Å². The normalized spacial score (nSPS) is 15.1. The van der Waals surface area contributed by atoms with Crippen LogP contribution in [0.1, 0.15) is 11.4 Å². The van der Waals surface area contributed by atoms with Crippen LogP contribution in [0.4, 0.5) is 18.9 Å². The summed E-state index contributed by atoms with van der Waals surface area (Å²) < 4.78 is 51.0. The number of anilines is 1. The Labute approximate surface area is 194 Å². The van der Waals surface area contributed by atoms with Gasteiger partial charge in [-0.05, 0) is 53.9 Å². The van der Waals surface area contributed by atoms with Crippen LogP contribution < -0.4 is 9.64 Å². The highest BCUT2D eigenvalue weighted by Crippen LogP contribution is 2.40. The zero-order chi connectivity index (χ0) is 23.7. The molecule has 176 valence electrons. The Morgan fingerprint density at radius 1 is 0.971 bits per heavy atom. The molecular weight excluding hydrogens is 445 g/mol. The third-order valence-electron chi connectivity index (χ3n) is 6.07. The predicted molar refractivity (Wildman–Crippen MR) is 123 cm³/mol. The highest BCUT2D eigenvalue weighted by atomic mass is 19.4. The van der Waals surface area contributed by atoms with Crippen LogP contribution in [0.15, 0.2) is 65.5 Å². The first kappa shape index (κ1) is 22.2. The van der Waals surface area contributed by atoms with E-state index in [9.17, 15) is 13.2 Å². The molecule has 1 aromatic heterocycles. The first-order valence-electron chi connectivity index (χ1n) is 10.9. The molecule has 0 aliphatic carbocycles. The minimum absolute atomic E-state index is 0.0840. The fourth-order valence-corrected chi connectivity index (χ4v) is 4.26. The predicted octanol–water partition coefficient (Wildman–Crippen LogP) is 5.24. The van der Waals surface area contributed by atoms with Crippen LogP contribution in [0.3, 0.4) is 0 Å². The number of halogens is 3. The first-order chi connectivity index (χ1) is 16.4. The lowest BCUT2D eigenvalue weighted by atomic mass is 9.95. The van der Waals surface area contributed by atoms with Crippen LogP contribution in [0.25, 0.3) is 21.9 Å². The molecule has 0 amide bonds. The molecule has 1 saturated heterocycles. The summed E-state index contributed by atoms with van der Waals surface area (Å²) in [5.74, 6) is 0.902. The molecule has 0 radical (unpaired) electrons. The van der Waals surface area contributed by atoms with E-state index < -0.39 is 11.7 Å². The van der Waals surface area contributed by atoms with Gasteiger partial charge in [-0.2, -0.15) is 18.2 Å². The zero-order valence-corrected chi connectivity index (χ0v) is 18.5. The number of piperazine rings is 1. The Kier molecular flexibility index (Phi) is 5.87. The van der Waals surface area contributed by atoms with Gasteiger partial charge in [0.1, 0.15) is 5.75 Å². The number of likely N-dealkylation sites (N-methyl/N-ethyl adjacent to an activating group) is 1. The standard InChI is InChI=1S/C25H23F3N4O2/c1-31-8-10-32(11-9-31)23-7-3-6-20-21(17-4-2-5-18(12-17)25(26,27)28)13-19(14-22(20)23)33-15-24-29-16-34-30-24/h2-7,12-14,16H,8-11,15H2,1H3. The zero-order valence-electron chi connectivity index (χ0n) is 18.5. The molecule has 1 fully saturated rings. The van der Waals surface area contributed by atoms with E-state index in [4.69, 9.17) is 9.26 Å². The molecule has 5 rings (SSSR count). The second-order valence-corrected chi connectivity index (χ2v) is 8.35. The van der Waals surface area contributed by atoms with Gasteiger partial charge in [-0.3, -0.25) is 0 Å². The molecule has 0 saturated carbocycles. The summed E-state index contributed by atoms with van der Waals surface area (Å²) in [6, 6.07) is 15.0. The molecule has 6 nitrogen and oxygen atoms in total. The third-order valence-corrected chi connectivity index (χ3v) is 6.07. The smallest absolute Gasteiger partial charge is 0.416 e. The average Bonchev–Trinajstić information content (AvgIpc) is 3.36. The van der Waals surface area contributed by atoms with Gasteiger partial charge in [0, 0.05) is 37.3 Å². The second-order valence-electron chi connectivity index (χ2n) is 8.35. The van der Waals surface area contributed by atoms with Gasteiger partial charge in [-0.25, -0.2) is 0 Å². The van der Waals surface area contributed by atoms with Gasteiger partial charge in [0.05, 0.1) is 5.56 Å². The van der Waals surface area contributed by atoms with Crippen molar-refractivity contribution in [2.24, 2.45) is 0 Å². The quantitative estimate of drug-likeness (QED) is 0.399. The van der Waals surface area contributed by atoms with E-state index in [0.29, 0.717) is 22.7 Å². The summed E-state index contributed by atoms with van der Waals surface area (Å²) in [5, 5.41) is 5.55. The van der Waals surface area contributed by atoms with Gasteiger partial charge in [0.2, 0.25) is 12.2 Å². The van der Waals surface area contributed by atoms with Crippen LogP contribution in [-0.2, 0) is 12.8 Å². The molecule has 1 aliphatic rings. The van der Waals surface area contributed by atoms with E-state index >= 15 is 0 Å². The molecule has 2 heterocycles. The van der Waals surface area contributed by atoms with Gasteiger partial charge in [0.25, 0.3) is 0 Å². The number of alkyl halides is 3. The van der Waals surface area contributed by atoms with E-state index in [1.807, 2.05) is 24.3 Å². The van der Waals surface area contributed by atoms with Crippen LogP contribution in [0.2, 0.25) is 0 Å². The first-order valence-corrected chi connectivity index (χ1v) is 10.9. The van der Waals surface area contributed by atoms with E-state index in [-0.39, 0.29) is 6.61 Å². The average molecular weight is 468 g/mol. The molecular formula is C25H23F3N4O2. The number of ether oxygens (including phenoxy) is 1. The maximum absolute atomic E-state index is 13.4. The molecule has 0 bridgehead atoms. The Hall–Kier alpha value is -3.59. The van der Waals surface area contributed by atoms with Crippen LogP contribution in [0.5, 0.6) is 5.75 Å². The minimum Gasteiger partial charge on any atom is -0.485 e. The number of nitrogens with zero attached hydrogens (tertiary/aromatic N) is 4. The molecule has 0 unspecified atom stereocenters. The van der Waals surface area contributed by atoms with Gasteiger partial charge >= 0.3 is 6.18 Å². The third kappa shape index (κ3) is 4.56. The maximum Gasteiger partial charge on any atom is 0.416 e. The van der Waals surface area contributed by atoms with E-state index in [0.717, 1.165) is 48.7 Å². The molecule has 34 heavy (non-hydrogen) atoms. The van der Waals surface area contributed by atoms with Crippen molar-refractivity contribution in [3.63, 3.8) is 0 Å². The van der Waals surface area contributed by atoms with Crippen molar-refractivity contribution in [1.82, 2.24) is 15.0 Å². The van der Waals surface area contributed by atoms with E-state index in [1.54, 1.807) is 12.1 Å². The summed E-state index contributed by atoms with van der Waals surface area (Å²) in [7, 11) is 2.09. The lowest BCUT2D eigenvalue weighted by molar-refractivity contribution is -0.137. The SMILES string of the molecule is CN1CCN(c2cccc3c(-c4cccc(C(F)(F)F)c4)cc(OCc4ncon4)cc23)CC1. The van der Waals surface area contributed by atoms with Crippen LogP contribution in [0, 0.1) is 0 Å². The summed E-state index contributed by atoms with van der Waals surface area (Å²) in [6.07, 6.45) is -3.21. The fraction of sp³-hybridized carbons (Fsp3) is 0.280. The van der Waals surface area contributed by atoms with Crippen LogP contribution in [-0.4, -0.2) is 48.3 Å². The van der Waals surface area contributed by atoms with Crippen molar-refractivity contribution in [3.05, 3.63) is 72.4 Å². The minimum atomic E-state index is -4.43. The Morgan fingerprint density at radius 2 is 1.76 bits per heavy atom. The number of hydrogen-bond acceptors (Lipinski definition) is 6. The largest absolute Gasteiger partial charge is 0.485 e. The Balaban J connectivity index is 1.63. The lowest BCUT2D eigenvalue weighted by Gasteiger charge is -2.35. The van der Waals surface area contributed by atoms with Gasteiger partial charge in [0.15, 0.2) is 6.61 Å². The highest BCUT2D eigenvalue weighted by molar-refractivity contribution is 6.04. The monoisotopic (exact) mass is 468 g/mol. The molecule has 9 heteroatoms. The van der Waals surface area contributed by atoms with Crippen molar-refractivity contribution in [2.75, 3.05) is 38.1 Å². The molecule has 0 spiro atoms. The summed E-state index contributed by atoms with van der Waals surface area (Å²) in [4.78, 5) is 8.55.